The maximum atomic E-state index is 5.18. The minimum Gasteiger partial charge on any atom is -0.496 e. The van der Waals surface area contributed by atoms with Crippen LogP contribution in [0.3, 0.4) is 0 Å². The zero-order chi connectivity index (χ0) is 10.5. The quantitative estimate of drug-likeness (QED) is 0.702. The summed E-state index contributed by atoms with van der Waals surface area (Å²) in [6.45, 7) is 0. The minimum atomic E-state index is 0.786. The third-order valence-corrected chi connectivity index (χ3v) is 1.88. The first kappa shape index (κ1) is 9.39. The lowest BCUT2D eigenvalue weighted by Gasteiger charge is -2.02. The summed E-state index contributed by atoms with van der Waals surface area (Å²) in [5.74, 6) is 0.786. The van der Waals surface area contributed by atoms with Gasteiger partial charge in [0.05, 0.1) is 13.3 Å². The second kappa shape index (κ2) is 4.36. The van der Waals surface area contributed by atoms with Crippen molar-refractivity contribution in [3.63, 3.8) is 0 Å². The van der Waals surface area contributed by atoms with E-state index >= 15 is 0 Å². The largest absolute Gasteiger partial charge is 0.496 e. The van der Waals surface area contributed by atoms with Crippen LogP contribution in [0.1, 0.15) is 5.56 Å². The predicted molar refractivity (Wildman–Crippen MR) is 56.0 cm³/mol. The summed E-state index contributed by atoms with van der Waals surface area (Å²) >= 11 is 0. The van der Waals surface area contributed by atoms with Gasteiger partial charge in [-0.2, -0.15) is 5.10 Å². The highest BCUT2D eigenvalue weighted by molar-refractivity contribution is 5.83. The van der Waals surface area contributed by atoms with Crippen LogP contribution in [-0.2, 0) is 0 Å². The molecule has 0 N–H and O–H groups in total. The van der Waals surface area contributed by atoms with Gasteiger partial charge in [0.25, 0.3) is 0 Å². The maximum Gasteiger partial charge on any atom is 0.141 e. The molecule has 2 aromatic rings. The van der Waals surface area contributed by atoms with Crippen LogP contribution in [0.5, 0.6) is 5.75 Å². The van der Waals surface area contributed by atoms with E-state index in [0.717, 1.165) is 11.3 Å². The second-order valence-electron chi connectivity index (χ2n) is 2.83. The topological polar surface area (TPSA) is 52.3 Å². The Balaban J connectivity index is 2.24. The lowest BCUT2D eigenvalue weighted by molar-refractivity contribution is 0.414. The van der Waals surface area contributed by atoms with E-state index in [1.165, 1.54) is 17.3 Å². The first-order chi connectivity index (χ1) is 7.40. The smallest absolute Gasteiger partial charge is 0.141 e. The molecule has 0 atom stereocenters. The Morgan fingerprint density at radius 2 is 2.00 bits per heavy atom. The summed E-state index contributed by atoms with van der Waals surface area (Å²) in [5, 5.41) is 11.4. The van der Waals surface area contributed by atoms with Crippen LogP contribution < -0.4 is 4.74 Å². The minimum absolute atomic E-state index is 0.786. The Labute approximate surface area is 87.0 Å². The van der Waals surface area contributed by atoms with Gasteiger partial charge in [-0.3, -0.25) is 0 Å². The molecule has 0 fully saturated rings. The fourth-order valence-electron chi connectivity index (χ4n) is 1.16. The van der Waals surface area contributed by atoms with Crippen LogP contribution in [0.2, 0.25) is 0 Å². The Morgan fingerprint density at radius 1 is 1.27 bits per heavy atom. The third kappa shape index (κ3) is 2.19. The van der Waals surface area contributed by atoms with Gasteiger partial charge in [-0.15, -0.1) is 10.2 Å². The Hall–Kier alpha value is -2.17. The number of rotatable bonds is 3. The van der Waals surface area contributed by atoms with Crippen LogP contribution in [0.15, 0.2) is 42.0 Å². The number of benzene rings is 1. The zero-order valence-electron chi connectivity index (χ0n) is 8.24. The molecular formula is C10H10N4O. The number of hydrogen-bond acceptors (Lipinski definition) is 4. The molecule has 1 heterocycles. The monoisotopic (exact) mass is 202 g/mol. The first-order valence-corrected chi connectivity index (χ1v) is 4.42. The summed E-state index contributed by atoms with van der Waals surface area (Å²) < 4.78 is 6.70. The van der Waals surface area contributed by atoms with Crippen LogP contribution in [-0.4, -0.2) is 28.2 Å². The normalized spacial score (nSPS) is 10.7. The molecule has 0 amide bonds. The first-order valence-electron chi connectivity index (χ1n) is 4.42. The van der Waals surface area contributed by atoms with Crippen molar-refractivity contribution in [3.05, 3.63) is 42.5 Å². The average molecular weight is 202 g/mol. The third-order valence-electron chi connectivity index (χ3n) is 1.88. The number of para-hydroxylation sites is 1. The fourth-order valence-corrected chi connectivity index (χ4v) is 1.16. The van der Waals surface area contributed by atoms with Gasteiger partial charge in [0.1, 0.15) is 18.4 Å². The van der Waals surface area contributed by atoms with E-state index in [1.807, 2.05) is 24.3 Å². The van der Waals surface area contributed by atoms with E-state index < -0.39 is 0 Å². The second-order valence-corrected chi connectivity index (χ2v) is 2.83. The molecule has 1 aromatic heterocycles. The molecule has 0 saturated carbocycles. The van der Waals surface area contributed by atoms with E-state index in [-0.39, 0.29) is 0 Å². The van der Waals surface area contributed by atoms with E-state index in [2.05, 4.69) is 15.3 Å². The van der Waals surface area contributed by atoms with Crippen molar-refractivity contribution in [1.29, 1.82) is 0 Å². The van der Waals surface area contributed by atoms with Crippen LogP contribution >= 0.6 is 0 Å². The van der Waals surface area contributed by atoms with Gasteiger partial charge >= 0.3 is 0 Å². The van der Waals surface area contributed by atoms with Gasteiger partial charge in [0, 0.05) is 5.56 Å². The standard InChI is InChI=1S/C10H10N4O/c1-15-10-5-3-2-4-9(10)6-13-14-7-11-12-8-14/h2-8H,1H3/b13-6+. The molecule has 0 aliphatic heterocycles. The van der Waals surface area contributed by atoms with Gasteiger partial charge in [-0.05, 0) is 12.1 Å². The van der Waals surface area contributed by atoms with E-state index in [4.69, 9.17) is 4.74 Å². The molecule has 0 spiro atoms. The SMILES string of the molecule is COc1ccccc1/C=N/n1cnnc1. The van der Waals surface area contributed by atoms with Crippen molar-refractivity contribution in [2.75, 3.05) is 7.11 Å². The van der Waals surface area contributed by atoms with E-state index in [0.29, 0.717) is 0 Å². The van der Waals surface area contributed by atoms with Crippen LogP contribution in [0, 0.1) is 0 Å². The highest BCUT2D eigenvalue weighted by Gasteiger charge is 1.97. The van der Waals surface area contributed by atoms with Crippen molar-refractivity contribution in [2.24, 2.45) is 5.10 Å². The van der Waals surface area contributed by atoms with Crippen LogP contribution in [0.4, 0.5) is 0 Å². The molecule has 15 heavy (non-hydrogen) atoms. The van der Waals surface area contributed by atoms with E-state index in [1.54, 1.807) is 13.3 Å². The van der Waals surface area contributed by atoms with E-state index in [9.17, 15) is 0 Å². The molecule has 0 radical (unpaired) electrons. The number of methoxy groups -OCH3 is 1. The van der Waals surface area contributed by atoms with Crippen molar-refractivity contribution >= 4 is 6.21 Å². The molecule has 0 aliphatic rings. The molecular weight excluding hydrogens is 192 g/mol. The Bertz CT molecular complexity index is 450. The number of hydrogen-bond donors (Lipinski definition) is 0. The van der Waals surface area contributed by atoms with Gasteiger partial charge < -0.3 is 4.74 Å². The predicted octanol–water partition coefficient (Wildman–Crippen LogP) is 1.17. The maximum absolute atomic E-state index is 5.18. The van der Waals surface area contributed by atoms with Gasteiger partial charge in [0.15, 0.2) is 0 Å². The molecule has 76 valence electrons. The molecule has 0 saturated heterocycles. The summed E-state index contributed by atoms with van der Waals surface area (Å²) in [7, 11) is 1.63. The Kier molecular flexibility index (Phi) is 2.73. The molecule has 2 rings (SSSR count). The molecule has 1 aromatic carbocycles. The molecule has 0 aliphatic carbocycles. The highest BCUT2D eigenvalue weighted by Crippen LogP contribution is 2.14. The van der Waals surface area contributed by atoms with Crippen molar-refractivity contribution in [2.45, 2.75) is 0 Å². The van der Waals surface area contributed by atoms with Gasteiger partial charge in [-0.25, -0.2) is 4.68 Å². The zero-order valence-corrected chi connectivity index (χ0v) is 8.24. The number of aromatic nitrogens is 3. The number of nitrogens with zero attached hydrogens (tertiary/aromatic N) is 4. The summed E-state index contributed by atoms with van der Waals surface area (Å²) in [6.07, 6.45) is 4.74. The fraction of sp³-hybridized carbons (Fsp3) is 0.100. The molecule has 0 bridgehead atoms. The molecule has 5 nitrogen and oxygen atoms in total. The summed E-state index contributed by atoms with van der Waals surface area (Å²) in [4.78, 5) is 0. The summed E-state index contributed by atoms with van der Waals surface area (Å²) in [5.41, 5.74) is 0.911. The number of ether oxygens (including phenoxy) is 1. The van der Waals surface area contributed by atoms with Crippen molar-refractivity contribution in [3.8, 4) is 5.75 Å². The van der Waals surface area contributed by atoms with Crippen molar-refractivity contribution < 1.29 is 4.74 Å². The van der Waals surface area contributed by atoms with Gasteiger partial charge in [-0.1, -0.05) is 12.1 Å². The highest BCUT2D eigenvalue weighted by atomic mass is 16.5. The molecule has 5 heteroatoms. The van der Waals surface area contributed by atoms with Gasteiger partial charge in [0.2, 0.25) is 0 Å². The van der Waals surface area contributed by atoms with Crippen molar-refractivity contribution in [1.82, 2.24) is 14.9 Å². The Morgan fingerprint density at radius 3 is 2.73 bits per heavy atom. The average Bonchev–Trinajstić information content (AvgIpc) is 2.79. The lowest BCUT2D eigenvalue weighted by Crippen LogP contribution is -1.92. The lowest BCUT2D eigenvalue weighted by atomic mass is 10.2. The van der Waals surface area contributed by atoms with Crippen LogP contribution in [0.25, 0.3) is 0 Å². The summed E-state index contributed by atoms with van der Waals surface area (Å²) in [6, 6.07) is 7.64. The molecule has 0 unspecified atom stereocenters.